The van der Waals surface area contributed by atoms with Crippen LogP contribution >= 0.6 is 0 Å². The summed E-state index contributed by atoms with van der Waals surface area (Å²) < 4.78 is 0. The fourth-order valence-corrected chi connectivity index (χ4v) is 3.51. The molecule has 0 spiro atoms. The second-order valence-electron chi connectivity index (χ2n) is 6.09. The number of piperidine rings is 1. The van der Waals surface area contributed by atoms with Crippen LogP contribution in [-0.2, 0) is 0 Å². The first-order valence-corrected chi connectivity index (χ1v) is 7.39. The second kappa shape index (κ2) is 5.05. The van der Waals surface area contributed by atoms with E-state index in [1.807, 2.05) is 0 Å². The fraction of sp³-hybridized carbons (Fsp3) is 1.00. The summed E-state index contributed by atoms with van der Waals surface area (Å²) in [6, 6.07) is 1.76. The Morgan fingerprint density at radius 3 is 2.88 bits per heavy atom. The SMILES string of the molecule is C(CNC1CCN2CCCC2C1)CC1CC1. The maximum Gasteiger partial charge on any atom is 0.0111 e. The van der Waals surface area contributed by atoms with Crippen molar-refractivity contribution in [3.63, 3.8) is 0 Å². The van der Waals surface area contributed by atoms with Crippen LogP contribution in [-0.4, -0.2) is 36.6 Å². The van der Waals surface area contributed by atoms with Crippen LogP contribution in [0.3, 0.4) is 0 Å². The normalized spacial score (nSPS) is 35.2. The van der Waals surface area contributed by atoms with Gasteiger partial charge in [-0.05, 0) is 64.1 Å². The summed E-state index contributed by atoms with van der Waals surface area (Å²) in [5, 5.41) is 3.79. The van der Waals surface area contributed by atoms with Gasteiger partial charge in [-0.2, -0.15) is 0 Å². The van der Waals surface area contributed by atoms with Gasteiger partial charge in [0.15, 0.2) is 0 Å². The van der Waals surface area contributed by atoms with Crippen LogP contribution in [0.4, 0.5) is 0 Å². The monoisotopic (exact) mass is 222 g/mol. The third-order valence-electron chi connectivity index (χ3n) is 4.74. The van der Waals surface area contributed by atoms with Crippen LogP contribution in [0.25, 0.3) is 0 Å². The molecule has 0 aromatic carbocycles. The predicted molar refractivity (Wildman–Crippen MR) is 67.6 cm³/mol. The molecule has 3 aliphatic rings. The summed E-state index contributed by atoms with van der Waals surface area (Å²) in [6.45, 7) is 4.00. The van der Waals surface area contributed by atoms with Crippen molar-refractivity contribution < 1.29 is 0 Å². The van der Waals surface area contributed by atoms with Crippen LogP contribution in [0.5, 0.6) is 0 Å². The minimum atomic E-state index is 0.832. The number of nitrogens with zero attached hydrogens (tertiary/aromatic N) is 1. The molecule has 2 heterocycles. The van der Waals surface area contributed by atoms with E-state index in [0.29, 0.717) is 0 Å². The average molecular weight is 222 g/mol. The highest BCUT2D eigenvalue weighted by molar-refractivity contribution is 4.89. The van der Waals surface area contributed by atoms with Gasteiger partial charge in [-0.3, -0.25) is 0 Å². The number of rotatable bonds is 5. The lowest BCUT2D eigenvalue weighted by Gasteiger charge is -2.35. The molecule has 92 valence electrons. The largest absolute Gasteiger partial charge is 0.314 e. The zero-order valence-electron chi connectivity index (χ0n) is 10.5. The standard InChI is InChI=1S/C14H26N2/c1(3-12-5-6-12)8-15-13-7-10-16-9-2-4-14(16)11-13/h12-15H,1-11H2. The number of nitrogens with one attached hydrogen (secondary N) is 1. The van der Waals surface area contributed by atoms with Crippen LogP contribution < -0.4 is 5.32 Å². The Kier molecular flexibility index (Phi) is 3.49. The Labute approximate surface area is 99.8 Å². The molecule has 0 radical (unpaired) electrons. The summed E-state index contributed by atoms with van der Waals surface area (Å²) in [5.74, 6) is 1.11. The molecule has 3 rings (SSSR count). The smallest absolute Gasteiger partial charge is 0.0111 e. The van der Waals surface area contributed by atoms with E-state index in [9.17, 15) is 0 Å². The third-order valence-corrected chi connectivity index (χ3v) is 4.74. The second-order valence-corrected chi connectivity index (χ2v) is 6.09. The topological polar surface area (TPSA) is 15.3 Å². The molecule has 1 N–H and O–H groups in total. The van der Waals surface area contributed by atoms with Gasteiger partial charge in [0.05, 0.1) is 0 Å². The third kappa shape index (κ3) is 2.78. The van der Waals surface area contributed by atoms with Crippen LogP contribution in [0.2, 0.25) is 0 Å². The van der Waals surface area contributed by atoms with Crippen molar-refractivity contribution in [3.05, 3.63) is 0 Å². The van der Waals surface area contributed by atoms with Crippen molar-refractivity contribution in [3.8, 4) is 0 Å². The van der Waals surface area contributed by atoms with Crippen molar-refractivity contribution in [1.29, 1.82) is 0 Å². The van der Waals surface area contributed by atoms with E-state index in [2.05, 4.69) is 10.2 Å². The average Bonchev–Trinajstić information content (AvgIpc) is 3.01. The lowest BCUT2D eigenvalue weighted by molar-refractivity contribution is 0.167. The number of hydrogen-bond acceptors (Lipinski definition) is 2. The molecule has 2 atom stereocenters. The first kappa shape index (κ1) is 11.0. The van der Waals surface area contributed by atoms with E-state index in [0.717, 1.165) is 18.0 Å². The van der Waals surface area contributed by atoms with Gasteiger partial charge in [0.25, 0.3) is 0 Å². The van der Waals surface area contributed by atoms with Gasteiger partial charge < -0.3 is 10.2 Å². The molecule has 2 unspecified atom stereocenters. The van der Waals surface area contributed by atoms with Crippen LogP contribution in [0, 0.1) is 5.92 Å². The Morgan fingerprint density at radius 1 is 1.06 bits per heavy atom. The predicted octanol–water partition coefficient (Wildman–Crippen LogP) is 2.39. The first-order valence-electron chi connectivity index (χ1n) is 7.39. The van der Waals surface area contributed by atoms with Crippen molar-refractivity contribution in [2.45, 2.75) is 63.5 Å². The minimum absolute atomic E-state index is 0.832. The zero-order valence-corrected chi connectivity index (χ0v) is 10.5. The lowest BCUT2D eigenvalue weighted by atomic mass is 9.97. The summed E-state index contributed by atoms with van der Waals surface area (Å²) >= 11 is 0. The molecule has 0 amide bonds. The summed E-state index contributed by atoms with van der Waals surface area (Å²) in [6.07, 6.45) is 11.6. The molecule has 2 saturated heterocycles. The zero-order chi connectivity index (χ0) is 10.8. The maximum atomic E-state index is 3.79. The van der Waals surface area contributed by atoms with Crippen molar-refractivity contribution in [2.75, 3.05) is 19.6 Å². The molecule has 1 saturated carbocycles. The number of fused-ring (bicyclic) bond motifs is 1. The highest BCUT2D eigenvalue weighted by Crippen LogP contribution is 2.33. The van der Waals surface area contributed by atoms with Gasteiger partial charge in [-0.1, -0.05) is 12.8 Å². The Balaban J connectivity index is 1.32. The van der Waals surface area contributed by atoms with E-state index in [-0.39, 0.29) is 0 Å². The molecule has 2 heteroatoms. The van der Waals surface area contributed by atoms with Crippen LogP contribution in [0.1, 0.15) is 51.4 Å². The molecular formula is C14H26N2. The Hall–Kier alpha value is -0.0800. The molecule has 16 heavy (non-hydrogen) atoms. The van der Waals surface area contributed by atoms with E-state index in [1.165, 1.54) is 71.0 Å². The lowest BCUT2D eigenvalue weighted by Crippen LogP contribution is -2.45. The van der Waals surface area contributed by atoms with Crippen molar-refractivity contribution >= 4 is 0 Å². The van der Waals surface area contributed by atoms with Gasteiger partial charge >= 0.3 is 0 Å². The molecule has 0 bridgehead atoms. The van der Waals surface area contributed by atoms with Gasteiger partial charge in [0.1, 0.15) is 0 Å². The van der Waals surface area contributed by atoms with Crippen molar-refractivity contribution in [1.82, 2.24) is 10.2 Å². The quantitative estimate of drug-likeness (QED) is 0.719. The molecule has 3 fully saturated rings. The Morgan fingerprint density at radius 2 is 2.00 bits per heavy atom. The van der Waals surface area contributed by atoms with Gasteiger partial charge in [-0.15, -0.1) is 0 Å². The van der Waals surface area contributed by atoms with E-state index < -0.39 is 0 Å². The van der Waals surface area contributed by atoms with Gasteiger partial charge in [-0.25, -0.2) is 0 Å². The highest BCUT2D eigenvalue weighted by atomic mass is 15.2. The molecule has 1 aliphatic carbocycles. The molecule has 0 aromatic rings. The van der Waals surface area contributed by atoms with E-state index in [4.69, 9.17) is 0 Å². The van der Waals surface area contributed by atoms with Gasteiger partial charge in [0.2, 0.25) is 0 Å². The molecular weight excluding hydrogens is 196 g/mol. The van der Waals surface area contributed by atoms with Crippen LogP contribution in [0.15, 0.2) is 0 Å². The molecule has 2 aliphatic heterocycles. The first-order chi connectivity index (χ1) is 7.92. The van der Waals surface area contributed by atoms with E-state index in [1.54, 1.807) is 0 Å². The summed E-state index contributed by atoms with van der Waals surface area (Å²) in [5.41, 5.74) is 0. The fourth-order valence-electron chi connectivity index (χ4n) is 3.51. The highest BCUT2D eigenvalue weighted by Gasteiger charge is 2.31. The van der Waals surface area contributed by atoms with Crippen molar-refractivity contribution in [2.24, 2.45) is 5.92 Å². The summed E-state index contributed by atoms with van der Waals surface area (Å²) in [4.78, 5) is 2.71. The van der Waals surface area contributed by atoms with Gasteiger partial charge in [0, 0.05) is 12.1 Å². The number of hydrogen-bond donors (Lipinski definition) is 1. The molecule has 2 nitrogen and oxygen atoms in total. The minimum Gasteiger partial charge on any atom is -0.314 e. The Bertz CT molecular complexity index is 225. The summed E-state index contributed by atoms with van der Waals surface area (Å²) in [7, 11) is 0. The maximum absolute atomic E-state index is 3.79. The molecule has 0 aromatic heterocycles. The van der Waals surface area contributed by atoms with E-state index >= 15 is 0 Å².